The van der Waals surface area contributed by atoms with E-state index in [1.807, 2.05) is 26.0 Å². The minimum Gasteiger partial charge on any atom is -0.504 e. The van der Waals surface area contributed by atoms with E-state index in [0.29, 0.717) is 24.5 Å². The van der Waals surface area contributed by atoms with Crippen LogP contribution in [0.2, 0.25) is 0 Å². The summed E-state index contributed by atoms with van der Waals surface area (Å²) in [5, 5.41) is 11.0. The minimum atomic E-state index is -0.475. The fourth-order valence-electron chi connectivity index (χ4n) is 5.48. The summed E-state index contributed by atoms with van der Waals surface area (Å²) in [6.45, 7) is 8.35. The van der Waals surface area contributed by atoms with Gasteiger partial charge in [0.2, 0.25) is 0 Å². The highest BCUT2D eigenvalue weighted by Gasteiger charge is 2.62. The van der Waals surface area contributed by atoms with Crippen molar-refractivity contribution in [2.75, 3.05) is 14.2 Å². The highest BCUT2D eigenvalue weighted by molar-refractivity contribution is 5.83. The Morgan fingerprint density at radius 1 is 1.27 bits per heavy atom. The smallest absolute Gasteiger partial charge is 0.161 e. The summed E-state index contributed by atoms with van der Waals surface area (Å²) in [6, 6.07) is 3.87. The van der Waals surface area contributed by atoms with Gasteiger partial charge in [0, 0.05) is 30.9 Å². The maximum Gasteiger partial charge on any atom is 0.161 e. The molecule has 1 aromatic carbocycles. The third-order valence-electron chi connectivity index (χ3n) is 6.37. The number of hydrogen-bond donors (Lipinski definition) is 1. The SMILES string of the molecule is CC.CCCC12CC(=O)CCC1(OC)C(C)Cc1ccc(OC)c(O)c12. The van der Waals surface area contributed by atoms with Gasteiger partial charge in [-0.1, -0.05) is 40.2 Å². The fourth-order valence-corrected chi connectivity index (χ4v) is 5.48. The normalized spacial score (nSPS) is 29.9. The monoisotopic (exact) mass is 362 g/mol. The number of phenols is 1. The number of carbonyl (C=O) groups is 1. The summed E-state index contributed by atoms with van der Waals surface area (Å²) in [6.07, 6.45) is 4.32. The second kappa shape index (κ2) is 7.99. The molecule has 0 amide bonds. The third-order valence-corrected chi connectivity index (χ3v) is 6.37. The molecule has 4 heteroatoms. The Morgan fingerprint density at radius 3 is 2.54 bits per heavy atom. The first-order valence-corrected chi connectivity index (χ1v) is 9.92. The number of fused-ring (bicyclic) bond motifs is 3. The number of carbonyl (C=O) groups excluding carboxylic acids is 1. The molecule has 0 heterocycles. The molecule has 0 bridgehead atoms. The highest BCUT2D eigenvalue weighted by Crippen LogP contribution is 2.60. The zero-order valence-electron chi connectivity index (χ0n) is 17.1. The molecule has 146 valence electrons. The van der Waals surface area contributed by atoms with Gasteiger partial charge in [-0.2, -0.15) is 0 Å². The molecule has 1 aromatic rings. The van der Waals surface area contributed by atoms with E-state index in [1.165, 1.54) is 0 Å². The molecular formula is C22H34O4. The Hall–Kier alpha value is -1.55. The van der Waals surface area contributed by atoms with E-state index in [2.05, 4.69) is 13.8 Å². The number of Topliss-reactive ketones (excluding diaryl/α,β-unsaturated/α-hetero) is 1. The van der Waals surface area contributed by atoms with Crippen molar-refractivity contribution in [2.24, 2.45) is 5.92 Å². The number of ketones is 1. The molecule has 1 fully saturated rings. The van der Waals surface area contributed by atoms with E-state index >= 15 is 0 Å². The molecule has 0 radical (unpaired) electrons. The first-order chi connectivity index (χ1) is 12.5. The van der Waals surface area contributed by atoms with Gasteiger partial charge in [0.25, 0.3) is 0 Å². The molecule has 0 saturated heterocycles. The Labute approximate surface area is 157 Å². The number of rotatable bonds is 4. The van der Waals surface area contributed by atoms with Crippen LogP contribution in [0.25, 0.3) is 0 Å². The predicted octanol–water partition coefficient (Wildman–Crippen LogP) is 4.80. The van der Waals surface area contributed by atoms with Gasteiger partial charge in [-0.3, -0.25) is 4.79 Å². The average molecular weight is 363 g/mol. The zero-order chi connectivity index (χ0) is 19.5. The van der Waals surface area contributed by atoms with Crippen LogP contribution in [-0.2, 0) is 21.4 Å². The second-order valence-electron chi connectivity index (χ2n) is 7.40. The standard InChI is InChI=1S/C20H28O4.C2H6/c1-5-9-19-12-15(21)8-10-20(19,24-4)13(2)11-14-6-7-16(23-3)18(22)17(14)19;1-2/h6-7,13,22H,5,8-12H2,1-4H3;1-2H3. The van der Waals surface area contributed by atoms with Crippen molar-refractivity contribution in [3.63, 3.8) is 0 Å². The van der Waals surface area contributed by atoms with Crippen molar-refractivity contribution in [3.8, 4) is 11.5 Å². The van der Waals surface area contributed by atoms with E-state index in [0.717, 1.165) is 36.8 Å². The van der Waals surface area contributed by atoms with Gasteiger partial charge in [-0.15, -0.1) is 0 Å². The lowest BCUT2D eigenvalue weighted by Crippen LogP contribution is -2.63. The summed E-state index contributed by atoms with van der Waals surface area (Å²) >= 11 is 0. The first-order valence-electron chi connectivity index (χ1n) is 9.92. The molecule has 4 nitrogen and oxygen atoms in total. The first kappa shape index (κ1) is 20.8. The van der Waals surface area contributed by atoms with Crippen LogP contribution in [-0.4, -0.2) is 30.7 Å². The van der Waals surface area contributed by atoms with Gasteiger partial charge >= 0.3 is 0 Å². The summed E-state index contributed by atoms with van der Waals surface area (Å²) in [4.78, 5) is 12.5. The van der Waals surface area contributed by atoms with Crippen LogP contribution < -0.4 is 4.74 Å². The maximum absolute atomic E-state index is 12.5. The predicted molar refractivity (Wildman–Crippen MR) is 104 cm³/mol. The summed E-state index contributed by atoms with van der Waals surface area (Å²) in [7, 11) is 3.33. The van der Waals surface area contributed by atoms with Gasteiger partial charge in [-0.25, -0.2) is 0 Å². The number of hydrogen-bond acceptors (Lipinski definition) is 4. The van der Waals surface area contributed by atoms with Crippen LogP contribution in [0.15, 0.2) is 12.1 Å². The van der Waals surface area contributed by atoms with Gasteiger partial charge in [-0.05, 0) is 36.8 Å². The molecule has 26 heavy (non-hydrogen) atoms. The number of methoxy groups -OCH3 is 2. The van der Waals surface area contributed by atoms with Crippen molar-refractivity contribution in [2.45, 2.75) is 77.2 Å². The number of phenolic OH excluding ortho intramolecular Hbond substituents is 1. The van der Waals surface area contributed by atoms with Gasteiger partial charge in [0.1, 0.15) is 5.78 Å². The van der Waals surface area contributed by atoms with Crippen molar-refractivity contribution in [1.82, 2.24) is 0 Å². The van der Waals surface area contributed by atoms with Crippen LogP contribution in [0.1, 0.15) is 70.9 Å². The molecular weight excluding hydrogens is 328 g/mol. The lowest BCUT2D eigenvalue weighted by Gasteiger charge is -2.59. The molecule has 0 spiro atoms. The van der Waals surface area contributed by atoms with Crippen LogP contribution in [0, 0.1) is 5.92 Å². The Kier molecular flexibility index (Phi) is 6.38. The van der Waals surface area contributed by atoms with E-state index in [9.17, 15) is 9.90 Å². The fraction of sp³-hybridized carbons (Fsp3) is 0.682. The number of ether oxygens (including phenoxy) is 2. The lowest BCUT2D eigenvalue weighted by atomic mass is 9.49. The highest BCUT2D eigenvalue weighted by atomic mass is 16.5. The van der Waals surface area contributed by atoms with E-state index in [1.54, 1.807) is 14.2 Å². The van der Waals surface area contributed by atoms with Crippen molar-refractivity contribution >= 4 is 5.78 Å². The zero-order valence-corrected chi connectivity index (χ0v) is 17.1. The molecule has 2 aliphatic rings. The maximum atomic E-state index is 12.5. The van der Waals surface area contributed by atoms with Crippen LogP contribution in [0.3, 0.4) is 0 Å². The Balaban J connectivity index is 0.00000117. The molecule has 3 atom stereocenters. The molecule has 0 aliphatic heterocycles. The molecule has 2 aliphatic carbocycles. The van der Waals surface area contributed by atoms with Crippen molar-refractivity contribution in [3.05, 3.63) is 23.3 Å². The molecule has 1 N–H and O–H groups in total. The van der Waals surface area contributed by atoms with Gasteiger partial charge in [0.15, 0.2) is 11.5 Å². The Bertz CT molecular complexity index is 654. The van der Waals surface area contributed by atoms with Gasteiger partial charge in [0.05, 0.1) is 12.7 Å². The second-order valence-corrected chi connectivity index (χ2v) is 7.40. The van der Waals surface area contributed by atoms with Crippen molar-refractivity contribution < 1.29 is 19.4 Å². The summed E-state index contributed by atoms with van der Waals surface area (Å²) in [5.74, 6) is 1.22. The lowest BCUT2D eigenvalue weighted by molar-refractivity contribution is -0.160. The molecule has 0 aromatic heterocycles. The van der Waals surface area contributed by atoms with E-state index in [-0.39, 0.29) is 11.5 Å². The third kappa shape index (κ3) is 2.83. The largest absolute Gasteiger partial charge is 0.504 e. The average Bonchev–Trinajstić information content (AvgIpc) is 2.64. The Morgan fingerprint density at radius 2 is 1.96 bits per heavy atom. The van der Waals surface area contributed by atoms with Crippen LogP contribution >= 0.6 is 0 Å². The topological polar surface area (TPSA) is 55.8 Å². The number of aromatic hydroxyl groups is 1. The van der Waals surface area contributed by atoms with Crippen LogP contribution in [0.5, 0.6) is 11.5 Å². The quantitative estimate of drug-likeness (QED) is 0.836. The summed E-state index contributed by atoms with van der Waals surface area (Å²) < 4.78 is 11.5. The number of benzene rings is 1. The van der Waals surface area contributed by atoms with Gasteiger partial charge < -0.3 is 14.6 Å². The summed E-state index contributed by atoms with van der Waals surface area (Å²) in [5.41, 5.74) is 1.12. The van der Waals surface area contributed by atoms with E-state index in [4.69, 9.17) is 9.47 Å². The van der Waals surface area contributed by atoms with Crippen molar-refractivity contribution in [1.29, 1.82) is 0 Å². The van der Waals surface area contributed by atoms with E-state index < -0.39 is 11.0 Å². The molecule has 1 saturated carbocycles. The molecule has 3 rings (SSSR count). The van der Waals surface area contributed by atoms with Crippen LogP contribution in [0.4, 0.5) is 0 Å². The minimum absolute atomic E-state index is 0.187. The molecule has 3 unspecified atom stereocenters.